The Hall–Kier alpha value is -3.05. The fourth-order valence-electron chi connectivity index (χ4n) is 4.83. The molecule has 196 valence electrons. The van der Waals surface area contributed by atoms with Crippen LogP contribution in [-0.4, -0.2) is 13.2 Å². The van der Waals surface area contributed by atoms with Crippen molar-refractivity contribution in [2.45, 2.75) is 58.5 Å². The highest BCUT2D eigenvalue weighted by Gasteiger charge is 2.22. The van der Waals surface area contributed by atoms with Gasteiger partial charge in [0.25, 0.3) is 0 Å². The summed E-state index contributed by atoms with van der Waals surface area (Å²) in [6.45, 7) is 5.12. The monoisotopic (exact) mass is 508 g/mol. The minimum absolute atomic E-state index is 0.0733. The molecule has 1 fully saturated rings. The van der Waals surface area contributed by atoms with Crippen molar-refractivity contribution >= 4 is 0 Å². The second-order valence-corrected chi connectivity index (χ2v) is 9.65. The van der Waals surface area contributed by atoms with Gasteiger partial charge in [-0.15, -0.1) is 0 Å². The predicted molar refractivity (Wildman–Crippen MR) is 143 cm³/mol. The topological polar surface area (TPSA) is 18.5 Å². The van der Waals surface area contributed by atoms with E-state index in [1.807, 2.05) is 19.1 Å². The molecular weight excluding hydrogens is 473 g/mol. The molecule has 0 amide bonds. The van der Waals surface area contributed by atoms with E-state index in [1.54, 1.807) is 36.4 Å². The Kier molecular flexibility index (Phi) is 9.45. The van der Waals surface area contributed by atoms with Crippen LogP contribution in [0.5, 0.6) is 5.75 Å². The molecule has 1 aliphatic rings. The lowest BCUT2D eigenvalue weighted by Gasteiger charge is -2.28. The van der Waals surface area contributed by atoms with Crippen molar-refractivity contribution in [3.8, 4) is 28.0 Å². The lowest BCUT2D eigenvalue weighted by molar-refractivity contribution is -0.00538. The smallest absolute Gasteiger partial charge is 0.201 e. The molecule has 3 aromatic rings. The van der Waals surface area contributed by atoms with Gasteiger partial charge < -0.3 is 9.47 Å². The van der Waals surface area contributed by atoms with Crippen molar-refractivity contribution < 1.29 is 22.6 Å². The van der Waals surface area contributed by atoms with Crippen molar-refractivity contribution in [3.63, 3.8) is 0 Å². The van der Waals surface area contributed by atoms with Gasteiger partial charge in [-0.3, -0.25) is 0 Å². The van der Waals surface area contributed by atoms with Crippen molar-refractivity contribution in [2.75, 3.05) is 13.2 Å². The van der Waals surface area contributed by atoms with E-state index in [4.69, 9.17) is 9.47 Å². The van der Waals surface area contributed by atoms with Gasteiger partial charge in [-0.25, -0.2) is 8.78 Å². The molecule has 2 nitrogen and oxygen atoms in total. The molecule has 0 spiro atoms. The van der Waals surface area contributed by atoms with E-state index in [1.165, 1.54) is 12.1 Å². The van der Waals surface area contributed by atoms with Gasteiger partial charge in [0.05, 0.1) is 19.3 Å². The zero-order valence-corrected chi connectivity index (χ0v) is 21.6. The first-order valence-electron chi connectivity index (χ1n) is 13.3. The van der Waals surface area contributed by atoms with Crippen LogP contribution in [-0.2, 0) is 4.74 Å². The fourth-order valence-corrected chi connectivity index (χ4v) is 4.83. The van der Waals surface area contributed by atoms with E-state index in [0.29, 0.717) is 35.8 Å². The first kappa shape index (κ1) is 27.0. The summed E-state index contributed by atoms with van der Waals surface area (Å²) in [7, 11) is 0. The molecule has 5 heteroatoms. The Labute approximate surface area is 218 Å². The van der Waals surface area contributed by atoms with E-state index < -0.39 is 11.6 Å². The summed E-state index contributed by atoms with van der Waals surface area (Å²) in [6.07, 6.45) is 9.96. The van der Waals surface area contributed by atoms with Crippen LogP contribution in [0.4, 0.5) is 13.2 Å². The van der Waals surface area contributed by atoms with Gasteiger partial charge in [0.15, 0.2) is 11.6 Å². The van der Waals surface area contributed by atoms with Gasteiger partial charge in [0.2, 0.25) is 5.82 Å². The van der Waals surface area contributed by atoms with Crippen LogP contribution in [0.15, 0.2) is 66.7 Å². The molecule has 0 aliphatic carbocycles. The minimum Gasteiger partial charge on any atom is -0.490 e. The highest BCUT2D eigenvalue weighted by molar-refractivity contribution is 5.71. The normalized spacial score (nSPS) is 17.9. The maximum Gasteiger partial charge on any atom is 0.201 e. The van der Waals surface area contributed by atoms with Crippen LogP contribution in [0, 0.1) is 23.4 Å². The van der Waals surface area contributed by atoms with Crippen LogP contribution < -0.4 is 4.74 Å². The summed E-state index contributed by atoms with van der Waals surface area (Å²) in [5.74, 6) is -1.92. The Morgan fingerprint density at radius 3 is 2.24 bits per heavy atom. The number of benzene rings is 3. The van der Waals surface area contributed by atoms with Gasteiger partial charge in [-0.2, -0.15) is 4.39 Å². The summed E-state index contributed by atoms with van der Waals surface area (Å²) >= 11 is 0. The van der Waals surface area contributed by atoms with Crippen LogP contribution in [0.2, 0.25) is 0 Å². The van der Waals surface area contributed by atoms with Gasteiger partial charge in [-0.1, -0.05) is 74.7 Å². The highest BCUT2D eigenvalue weighted by atomic mass is 19.2. The Bertz CT molecular complexity index is 1200. The number of hydrogen-bond acceptors (Lipinski definition) is 2. The SMILES string of the molecule is C/C=C/C1CCC(c2ccc(-c3ccc(-c4ccc(OCCCCCC)c(F)c4F)cc3)c(F)c2)OC1. The minimum atomic E-state index is -0.985. The lowest BCUT2D eigenvalue weighted by Crippen LogP contribution is -2.19. The van der Waals surface area contributed by atoms with E-state index in [0.717, 1.165) is 44.1 Å². The molecule has 1 heterocycles. The molecular formula is C32H35F3O2. The molecule has 2 atom stereocenters. The van der Waals surface area contributed by atoms with Crippen LogP contribution in [0.1, 0.15) is 64.0 Å². The summed E-state index contributed by atoms with van der Waals surface area (Å²) in [5.41, 5.74) is 2.61. The molecule has 4 rings (SSSR count). The molecule has 3 aromatic carbocycles. The van der Waals surface area contributed by atoms with Crippen molar-refractivity contribution in [2.24, 2.45) is 5.92 Å². The average Bonchev–Trinajstić information content (AvgIpc) is 2.92. The molecule has 1 aliphatic heterocycles. The van der Waals surface area contributed by atoms with E-state index in [2.05, 4.69) is 13.0 Å². The number of ether oxygens (including phenoxy) is 2. The Balaban J connectivity index is 1.44. The summed E-state index contributed by atoms with van der Waals surface area (Å²) in [5, 5.41) is 0. The number of hydrogen-bond donors (Lipinski definition) is 0. The molecule has 2 unspecified atom stereocenters. The van der Waals surface area contributed by atoms with Gasteiger partial charge in [0.1, 0.15) is 5.82 Å². The maximum atomic E-state index is 15.1. The number of unbranched alkanes of at least 4 members (excludes halogenated alkanes) is 3. The molecule has 0 bridgehead atoms. The van der Waals surface area contributed by atoms with Crippen molar-refractivity contribution in [1.82, 2.24) is 0 Å². The molecule has 0 radical (unpaired) electrons. The second kappa shape index (κ2) is 13.0. The van der Waals surface area contributed by atoms with Gasteiger partial charge in [0, 0.05) is 17.0 Å². The third-order valence-electron chi connectivity index (χ3n) is 6.95. The zero-order chi connectivity index (χ0) is 26.2. The van der Waals surface area contributed by atoms with Crippen molar-refractivity contribution in [1.29, 1.82) is 0 Å². The molecule has 0 aromatic heterocycles. The first-order valence-corrected chi connectivity index (χ1v) is 13.3. The Morgan fingerprint density at radius 2 is 1.59 bits per heavy atom. The standard InChI is InChI=1S/C32H35F3O2/c1-3-5-6-7-19-36-30-18-16-27(31(34)32(30)35)24-12-10-23(11-13-24)26-15-14-25(20-28(26)33)29-17-9-22(8-4-2)21-37-29/h4,8,10-16,18,20,22,29H,3,5-7,9,17,19,21H2,1-2H3/b8-4+. The number of rotatable bonds is 10. The quantitative estimate of drug-likeness (QED) is 0.201. The average molecular weight is 509 g/mol. The summed E-state index contributed by atoms with van der Waals surface area (Å²) in [4.78, 5) is 0. The van der Waals surface area contributed by atoms with Crippen LogP contribution >= 0.6 is 0 Å². The molecule has 37 heavy (non-hydrogen) atoms. The predicted octanol–water partition coefficient (Wildman–Crippen LogP) is 9.44. The van der Waals surface area contributed by atoms with Gasteiger partial charge >= 0.3 is 0 Å². The lowest BCUT2D eigenvalue weighted by atomic mass is 9.93. The van der Waals surface area contributed by atoms with E-state index in [-0.39, 0.29) is 23.2 Å². The van der Waals surface area contributed by atoms with Crippen molar-refractivity contribution in [3.05, 3.63) is 89.8 Å². The summed E-state index contributed by atoms with van der Waals surface area (Å²) in [6, 6.07) is 15.0. The third-order valence-corrected chi connectivity index (χ3v) is 6.95. The Morgan fingerprint density at radius 1 is 0.865 bits per heavy atom. The van der Waals surface area contributed by atoms with Crippen LogP contribution in [0.3, 0.4) is 0 Å². The maximum absolute atomic E-state index is 15.1. The number of allylic oxidation sites excluding steroid dienone is 1. The molecule has 0 saturated carbocycles. The zero-order valence-electron chi connectivity index (χ0n) is 21.6. The largest absolute Gasteiger partial charge is 0.490 e. The summed E-state index contributed by atoms with van der Waals surface area (Å²) < 4.78 is 55.9. The first-order chi connectivity index (χ1) is 18.0. The van der Waals surface area contributed by atoms with Crippen LogP contribution in [0.25, 0.3) is 22.3 Å². The molecule has 0 N–H and O–H groups in total. The van der Waals surface area contributed by atoms with Gasteiger partial charge in [-0.05, 0) is 61.1 Å². The van der Waals surface area contributed by atoms with E-state index >= 15 is 4.39 Å². The fraction of sp³-hybridized carbons (Fsp3) is 0.375. The molecule has 1 saturated heterocycles. The third kappa shape index (κ3) is 6.64. The number of halogens is 3. The van der Waals surface area contributed by atoms with E-state index in [9.17, 15) is 8.78 Å². The second-order valence-electron chi connectivity index (χ2n) is 9.65. The highest BCUT2D eigenvalue weighted by Crippen LogP contribution is 2.35.